The first-order valence-electron chi connectivity index (χ1n) is 5.39. The molecule has 0 aromatic carbocycles. The van der Waals surface area contributed by atoms with E-state index in [4.69, 9.17) is 5.73 Å². The normalized spacial score (nSPS) is 24.7. The maximum absolute atomic E-state index is 11.3. The fourth-order valence-electron chi connectivity index (χ4n) is 1.91. The van der Waals surface area contributed by atoms with E-state index >= 15 is 0 Å². The van der Waals surface area contributed by atoms with Gasteiger partial charge in [-0.05, 0) is 18.6 Å². The summed E-state index contributed by atoms with van der Waals surface area (Å²) in [6, 6.07) is 0.388. The van der Waals surface area contributed by atoms with Crippen LogP contribution in [0.4, 0.5) is 0 Å². The maximum atomic E-state index is 11.3. The summed E-state index contributed by atoms with van der Waals surface area (Å²) >= 11 is 1.96. The van der Waals surface area contributed by atoms with Crippen molar-refractivity contribution in [1.29, 1.82) is 0 Å². The molecule has 1 fully saturated rings. The first-order valence-corrected chi connectivity index (χ1v) is 6.43. The van der Waals surface area contributed by atoms with Crippen molar-refractivity contribution >= 4 is 30.1 Å². The van der Waals surface area contributed by atoms with Crippen molar-refractivity contribution in [2.24, 2.45) is 5.73 Å². The number of halogens is 1. The summed E-state index contributed by atoms with van der Waals surface area (Å²) in [5.74, 6) is 1.24. The predicted octanol–water partition coefficient (Wildman–Crippen LogP) is 1.55. The fraction of sp³-hybridized carbons (Fsp3) is 0.900. The number of nitrogens with one attached hydrogen (secondary N) is 1. The van der Waals surface area contributed by atoms with Gasteiger partial charge in [0.15, 0.2) is 0 Å². The Kier molecular flexibility index (Phi) is 8.29. The molecule has 2 unspecified atom stereocenters. The quantitative estimate of drug-likeness (QED) is 0.781. The second-order valence-corrected chi connectivity index (χ2v) is 5.15. The van der Waals surface area contributed by atoms with E-state index < -0.39 is 0 Å². The monoisotopic (exact) mass is 252 g/mol. The minimum absolute atomic E-state index is 0. The third-order valence-corrected chi connectivity index (χ3v) is 3.88. The van der Waals surface area contributed by atoms with Gasteiger partial charge >= 0.3 is 0 Å². The molecule has 1 aliphatic carbocycles. The van der Waals surface area contributed by atoms with Gasteiger partial charge in [-0.2, -0.15) is 11.8 Å². The molecule has 0 spiro atoms. The molecule has 1 saturated carbocycles. The number of thioether (sulfide) groups is 1. The molecule has 1 aliphatic rings. The van der Waals surface area contributed by atoms with Crippen LogP contribution >= 0.6 is 24.2 Å². The Morgan fingerprint density at radius 1 is 1.53 bits per heavy atom. The van der Waals surface area contributed by atoms with Crippen LogP contribution in [0.2, 0.25) is 0 Å². The van der Waals surface area contributed by atoms with Gasteiger partial charge in [-0.3, -0.25) is 4.79 Å². The van der Waals surface area contributed by atoms with Crippen molar-refractivity contribution in [2.45, 2.75) is 43.9 Å². The number of carbonyl (C=O) groups is 1. The van der Waals surface area contributed by atoms with Crippen LogP contribution in [0, 0.1) is 0 Å². The molecule has 1 rings (SSSR count). The lowest BCUT2D eigenvalue weighted by Crippen LogP contribution is -2.39. The summed E-state index contributed by atoms with van der Waals surface area (Å²) in [6.07, 6.45) is 4.07. The van der Waals surface area contributed by atoms with Crippen LogP contribution < -0.4 is 11.1 Å². The molecule has 5 heteroatoms. The molecule has 3 N–H and O–H groups in total. The molecule has 0 saturated heterocycles. The molecule has 0 heterocycles. The zero-order valence-corrected chi connectivity index (χ0v) is 10.8. The van der Waals surface area contributed by atoms with Crippen LogP contribution in [0.25, 0.3) is 0 Å². The van der Waals surface area contributed by atoms with Crippen LogP contribution in [-0.4, -0.2) is 29.5 Å². The Labute approximate surface area is 102 Å². The molecule has 1 amide bonds. The molecule has 3 nitrogen and oxygen atoms in total. The summed E-state index contributed by atoms with van der Waals surface area (Å²) in [6.45, 7) is 2.62. The van der Waals surface area contributed by atoms with E-state index in [2.05, 4.69) is 12.2 Å². The number of nitrogens with two attached hydrogens (primary N) is 1. The summed E-state index contributed by atoms with van der Waals surface area (Å²) in [4.78, 5) is 11.3. The third-order valence-electron chi connectivity index (χ3n) is 2.55. The van der Waals surface area contributed by atoms with E-state index in [1.165, 1.54) is 12.8 Å². The molecule has 0 bridgehead atoms. The average molecular weight is 253 g/mol. The molecule has 0 aromatic heterocycles. The van der Waals surface area contributed by atoms with Gasteiger partial charge in [0.05, 0.1) is 0 Å². The van der Waals surface area contributed by atoms with Crippen LogP contribution in [0.1, 0.15) is 32.6 Å². The van der Waals surface area contributed by atoms with Crippen LogP contribution in [0.3, 0.4) is 0 Å². The molecule has 0 aromatic rings. The Hall–Kier alpha value is 0.0700. The Balaban J connectivity index is 0.00000196. The molecular weight excluding hydrogens is 232 g/mol. The second kappa shape index (κ2) is 8.25. The highest BCUT2D eigenvalue weighted by Crippen LogP contribution is 2.29. The van der Waals surface area contributed by atoms with Crippen molar-refractivity contribution in [3.8, 4) is 0 Å². The number of carbonyl (C=O) groups excluding carboxylic acids is 1. The van der Waals surface area contributed by atoms with Gasteiger partial charge in [-0.15, -0.1) is 12.4 Å². The first kappa shape index (κ1) is 15.1. The number of hydrogen-bond donors (Lipinski definition) is 2. The van der Waals surface area contributed by atoms with Crippen molar-refractivity contribution in [2.75, 3.05) is 12.3 Å². The van der Waals surface area contributed by atoms with Gasteiger partial charge in [0, 0.05) is 24.3 Å². The first-order chi connectivity index (χ1) is 6.77. The summed E-state index contributed by atoms with van der Waals surface area (Å²) in [5, 5.41) is 3.70. The van der Waals surface area contributed by atoms with Gasteiger partial charge in [-0.25, -0.2) is 0 Å². The van der Waals surface area contributed by atoms with Gasteiger partial charge in [0.2, 0.25) is 5.91 Å². The van der Waals surface area contributed by atoms with E-state index in [0.717, 1.165) is 12.2 Å². The number of rotatable bonds is 5. The minimum Gasteiger partial charge on any atom is -0.352 e. The van der Waals surface area contributed by atoms with Gasteiger partial charge in [0.1, 0.15) is 0 Å². The van der Waals surface area contributed by atoms with Gasteiger partial charge < -0.3 is 11.1 Å². The standard InChI is InChI=1S/C10H20N2OS.ClH/c1-2-14-9-5-3-4-8(9)12-10(13)6-7-11;/h8-9H,2-7,11H2,1H3,(H,12,13);1H. The maximum Gasteiger partial charge on any atom is 0.221 e. The van der Waals surface area contributed by atoms with Crippen molar-refractivity contribution < 1.29 is 4.79 Å². The number of hydrogen-bond acceptors (Lipinski definition) is 3. The zero-order valence-electron chi connectivity index (χ0n) is 9.20. The van der Waals surface area contributed by atoms with Crippen molar-refractivity contribution in [3.05, 3.63) is 0 Å². The SMILES string of the molecule is CCSC1CCCC1NC(=O)CCN.Cl. The smallest absolute Gasteiger partial charge is 0.221 e. The predicted molar refractivity (Wildman–Crippen MR) is 68.6 cm³/mol. The lowest BCUT2D eigenvalue weighted by atomic mass is 10.2. The summed E-state index contributed by atoms with van der Waals surface area (Å²) < 4.78 is 0. The van der Waals surface area contributed by atoms with Crippen LogP contribution in [-0.2, 0) is 4.79 Å². The fourth-order valence-corrected chi connectivity index (χ4v) is 3.11. The topological polar surface area (TPSA) is 55.1 Å². The lowest BCUT2D eigenvalue weighted by Gasteiger charge is -2.19. The van der Waals surface area contributed by atoms with Crippen molar-refractivity contribution in [3.63, 3.8) is 0 Å². The molecular formula is C10H21ClN2OS. The van der Waals surface area contributed by atoms with E-state index in [9.17, 15) is 4.79 Å². The van der Waals surface area contributed by atoms with Crippen molar-refractivity contribution in [1.82, 2.24) is 5.32 Å². The average Bonchev–Trinajstić information content (AvgIpc) is 2.54. The van der Waals surface area contributed by atoms with Gasteiger partial charge in [-0.1, -0.05) is 13.3 Å². The largest absolute Gasteiger partial charge is 0.352 e. The van der Waals surface area contributed by atoms with E-state index in [0.29, 0.717) is 24.3 Å². The Bertz CT molecular complexity index is 192. The molecule has 90 valence electrons. The zero-order chi connectivity index (χ0) is 10.4. The number of amides is 1. The molecule has 0 radical (unpaired) electrons. The summed E-state index contributed by atoms with van der Waals surface area (Å²) in [5.41, 5.74) is 5.33. The highest BCUT2D eigenvalue weighted by molar-refractivity contribution is 7.99. The molecule has 2 atom stereocenters. The Morgan fingerprint density at radius 3 is 2.87 bits per heavy atom. The van der Waals surface area contributed by atoms with Crippen LogP contribution in [0.15, 0.2) is 0 Å². The summed E-state index contributed by atoms with van der Waals surface area (Å²) in [7, 11) is 0. The minimum atomic E-state index is 0. The molecule has 0 aliphatic heterocycles. The van der Waals surface area contributed by atoms with Gasteiger partial charge in [0.25, 0.3) is 0 Å². The lowest BCUT2D eigenvalue weighted by molar-refractivity contribution is -0.121. The third kappa shape index (κ3) is 5.09. The van der Waals surface area contributed by atoms with E-state index in [-0.39, 0.29) is 18.3 Å². The van der Waals surface area contributed by atoms with E-state index in [1.54, 1.807) is 0 Å². The van der Waals surface area contributed by atoms with E-state index in [1.807, 2.05) is 11.8 Å². The van der Waals surface area contributed by atoms with Crippen LogP contribution in [0.5, 0.6) is 0 Å². The second-order valence-electron chi connectivity index (χ2n) is 3.64. The highest BCUT2D eigenvalue weighted by atomic mass is 35.5. The molecule has 15 heavy (non-hydrogen) atoms. The highest BCUT2D eigenvalue weighted by Gasteiger charge is 2.27. The Morgan fingerprint density at radius 2 is 2.27 bits per heavy atom.